The van der Waals surface area contributed by atoms with Gasteiger partial charge in [-0.15, -0.1) is 0 Å². The van der Waals surface area contributed by atoms with Gasteiger partial charge in [0.25, 0.3) is 0 Å². The summed E-state index contributed by atoms with van der Waals surface area (Å²) in [6.45, 7) is 16.9. The standard InChI is InChI=1S/C17H23N3O5S.C16H20ClN3O4S/c1-16(2,3)12-9-13(20-25-12)19-15(21)17(4,5)26(22,23)11-7-8-14(24-6)18-10-11;1-15(2,3)11-8-13(20-24-11)19-14(21)16(4,5)25(22,23)10-6-7-12(17)18-9-10/h7-10H,1-6H3,(H,19,20,21);6-9H,1-5H3,(H,19,20,21). The molecule has 4 aromatic heterocycles. The fraction of sp³-hybridized carbons (Fsp3) is 0.455. The average Bonchev–Trinajstić information content (AvgIpc) is 3.72. The topological polar surface area (TPSA) is 214 Å². The lowest BCUT2D eigenvalue weighted by molar-refractivity contribution is -0.118. The summed E-state index contributed by atoms with van der Waals surface area (Å²) in [5.41, 5.74) is -0.571. The third kappa shape index (κ3) is 9.12. The van der Waals surface area contributed by atoms with E-state index in [1.54, 1.807) is 12.1 Å². The molecule has 4 heterocycles. The molecular formula is C33H43ClN6O9S2. The smallest absolute Gasteiger partial charge is 0.246 e. The number of hydrogen-bond donors (Lipinski definition) is 2. The summed E-state index contributed by atoms with van der Waals surface area (Å²) in [6, 6.07) is 8.60. The second-order valence-corrected chi connectivity index (χ2v) is 19.8. The number of rotatable bonds is 9. The van der Waals surface area contributed by atoms with Crippen LogP contribution in [-0.4, -0.2) is 65.5 Å². The van der Waals surface area contributed by atoms with Crippen molar-refractivity contribution >= 4 is 54.7 Å². The molecule has 278 valence electrons. The SMILES string of the molecule is CC(C)(C)c1cc(NC(=O)C(C)(C)S(=O)(=O)c2ccc(Cl)nc2)no1.COc1ccc(S(=O)(=O)C(C)(C)C(=O)Nc2cc(C(C)(C)C)on2)cn1. The monoisotopic (exact) mass is 766 g/mol. The van der Waals surface area contributed by atoms with E-state index >= 15 is 0 Å². The van der Waals surface area contributed by atoms with Crippen molar-refractivity contribution in [3.8, 4) is 5.88 Å². The van der Waals surface area contributed by atoms with Gasteiger partial charge in [0.2, 0.25) is 17.7 Å². The third-order valence-electron chi connectivity index (χ3n) is 7.66. The summed E-state index contributed by atoms with van der Waals surface area (Å²) < 4.78 is 63.1. The second kappa shape index (κ2) is 14.7. The predicted octanol–water partition coefficient (Wildman–Crippen LogP) is 5.78. The minimum atomic E-state index is -3.99. The van der Waals surface area contributed by atoms with Gasteiger partial charge in [0.15, 0.2) is 31.3 Å². The molecule has 0 spiro atoms. The fourth-order valence-corrected chi connectivity index (χ4v) is 6.67. The number of anilines is 2. The Morgan fingerprint density at radius 3 is 1.35 bits per heavy atom. The maximum absolute atomic E-state index is 12.9. The summed E-state index contributed by atoms with van der Waals surface area (Å²) in [7, 11) is -6.55. The number of carbonyl (C=O) groups is 2. The van der Waals surface area contributed by atoms with Crippen LogP contribution in [-0.2, 0) is 40.1 Å². The van der Waals surface area contributed by atoms with E-state index in [0.717, 1.165) is 12.4 Å². The lowest BCUT2D eigenvalue weighted by Crippen LogP contribution is -2.44. The zero-order chi connectivity index (χ0) is 38.8. The van der Waals surface area contributed by atoms with E-state index in [4.69, 9.17) is 25.4 Å². The van der Waals surface area contributed by atoms with Crippen molar-refractivity contribution in [1.29, 1.82) is 0 Å². The number of amides is 2. The van der Waals surface area contributed by atoms with Crippen LogP contribution in [0.15, 0.2) is 67.6 Å². The van der Waals surface area contributed by atoms with Crippen molar-refractivity contribution in [3.05, 3.63) is 65.5 Å². The largest absolute Gasteiger partial charge is 0.481 e. The minimum Gasteiger partial charge on any atom is -0.481 e. The van der Waals surface area contributed by atoms with Gasteiger partial charge in [0, 0.05) is 41.4 Å². The van der Waals surface area contributed by atoms with Gasteiger partial charge < -0.3 is 24.4 Å². The highest BCUT2D eigenvalue weighted by atomic mass is 35.5. The van der Waals surface area contributed by atoms with Gasteiger partial charge in [0.05, 0.1) is 16.9 Å². The van der Waals surface area contributed by atoms with E-state index in [9.17, 15) is 26.4 Å². The van der Waals surface area contributed by atoms with Crippen molar-refractivity contribution in [3.63, 3.8) is 0 Å². The summed E-state index contributed by atoms with van der Waals surface area (Å²) in [4.78, 5) is 32.7. The van der Waals surface area contributed by atoms with Crippen molar-refractivity contribution in [2.75, 3.05) is 17.7 Å². The van der Waals surface area contributed by atoms with Crippen LogP contribution in [0.1, 0.15) is 80.8 Å². The molecular weight excluding hydrogens is 724 g/mol. The zero-order valence-corrected chi connectivity index (χ0v) is 32.7. The maximum Gasteiger partial charge on any atom is 0.246 e. The minimum absolute atomic E-state index is 0.0750. The number of hydrogen-bond acceptors (Lipinski definition) is 13. The van der Waals surface area contributed by atoms with Gasteiger partial charge in [-0.05, 0) is 45.9 Å². The van der Waals surface area contributed by atoms with Crippen molar-refractivity contribution < 1.29 is 40.2 Å². The van der Waals surface area contributed by atoms with E-state index in [1.807, 2.05) is 41.5 Å². The Labute approximate surface area is 302 Å². The summed E-state index contributed by atoms with van der Waals surface area (Å²) >= 11 is 5.68. The molecule has 0 saturated carbocycles. The first-order valence-electron chi connectivity index (χ1n) is 15.4. The van der Waals surface area contributed by atoms with Crippen molar-refractivity contribution in [1.82, 2.24) is 20.3 Å². The van der Waals surface area contributed by atoms with Gasteiger partial charge in [-0.25, -0.2) is 26.8 Å². The molecule has 2 amide bonds. The summed E-state index contributed by atoms with van der Waals surface area (Å²) in [6.07, 6.45) is 2.29. The maximum atomic E-state index is 12.9. The van der Waals surface area contributed by atoms with Crippen LogP contribution in [0, 0.1) is 0 Å². The molecule has 0 radical (unpaired) electrons. The number of methoxy groups -OCH3 is 1. The van der Waals surface area contributed by atoms with Gasteiger partial charge in [0.1, 0.15) is 26.2 Å². The number of ether oxygens (including phenoxy) is 1. The molecule has 4 aromatic rings. The van der Waals surface area contributed by atoms with Crippen molar-refractivity contribution in [2.24, 2.45) is 0 Å². The lowest BCUT2D eigenvalue weighted by Gasteiger charge is -2.23. The Morgan fingerprint density at radius 2 is 1.06 bits per heavy atom. The Bertz CT molecular complexity index is 2080. The van der Waals surface area contributed by atoms with E-state index in [0.29, 0.717) is 11.5 Å². The Kier molecular flexibility index (Phi) is 11.8. The summed E-state index contributed by atoms with van der Waals surface area (Å²) in [5, 5.41) is 12.7. The van der Waals surface area contributed by atoms with Crippen LogP contribution in [0.25, 0.3) is 0 Å². The zero-order valence-electron chi connectivity index (χ0n) is 30.3. The molecule has 0 fully saturated rings. The van der Waals surface area contributed by atoms with E-state index in [-0.39, 0.29) is 43.3 Å². The molecule has 0 bridgehead atoms. The number of aromatic nitrogens is 4. The molecule has 0 unspecified atom stereocenters. The van der Waals surface area contributed by atoms with Gasteiger partial charge in [-0.3, -0.25) is 9.59 Å². The molecule has 15 nitrogen and oxygen atoms in total. The van der Waals surface area contributed by atoms with Crippen LogP contribution >= 0.6 is 11.6 Å². The molecule has 0 atom stereocenters. The first kappa shape index (κ1) is 41.1. The van der Waals surface area contributed by atoms with E-state index in [2.05, 4.69) is 30.9 Å². The highest BCUT2D eigenvalue weighted by molar-refractivity contribution is 7.94. The van der Waals surface area contributed by atoms with E-state index in [1.165, 1.54) is 59.1 Å². The molecule has 0 aromatic carbocycles. The number of pyridine rings is 2. The molecule has 51 heavy (non-hydrogen) atoms. The van der Waals surface area contributed by atoms with Crippen LogP contribution < -0.4 is 15.4 Å². The lowest BCUT2D eigenvalue weighted by atomic mass is 9.93. The Morgan fingerprint density at radius 1 is 0.667 bits per heavy atom. The average molecular weight is 767 g/mol. The van der Waals surface area contributed by atoms with Crippen LogP contribution in [0.3, 0.4) is 0 Å². The number of nitrogens with one attached hydrogen (secondary N) is 2. The molecule has 0 aliphatic carbocycles. The number of nitrogens with zero attached hydrogens (tertiary/aromatic N) is 4. The molecule has 0 saturated heterocycles. The number of carbonyl (C=O) groups excluding carboxylic acids is 2. The highest BCUT2D eigenvalue weighted by Crippen LogP contribution is 2.30. The van der Waals surface area contributed by atoms with Gasteiger partial charge in [-0.2, -0.15) is 0 Å². The van der Waals surface area contributed by atoms with Crippen LogP contribution in [0.2, 0.25) is 5.15 Å². The molecule has 0 aliphatic heterocycles. The molecule has 2 N–H and O–H groups in total. The highest BCUT2D eigenvalue weighted by Gasteiger charge is 2.44. The fourth-order valence-electron chi connectivity index (χ4n) is 3.91. The number of sulfone groups is 2. The quantitative estimate of drug-likeness (QED) is 0.194. The van der Waals surface area contributed by atoms with Gasteiger partial charge in [-0.1, -0.05) is 63.5 Å². The van der Waals surface area contributed by atoms with Crippen LogP contribution in [0.4, 0.5) is 11.6 Å². The van der Waals surface area contributed by atoms with Crippen molar-refractivity contribution in [2.45, 2.75) is 99.4 Å². The first-order chi connectivity index (χ1) is 23.2. The second-order valence-electron chi connectivity index (χ2n) is 14.4. The van der Waals surface area contributed by atoms with Gasteiger partial charge >= 0.3 is 0 Å². The Hall–Kier alpha value is -4.35. The normalized spacial score (nSPS) is 12.8. The number of halogens is 1. The van der Waals surface area contributed by atoms with Crippen LogP contribution in [0.5, 0.6) is 5.88 Å². The first-order valence-corrected chi connectivity index (χ1v) is 18.8. The molecule has 18 heteroatoms. The molecule has 0 aliphatic rings. The predicted molar refractivity (Wildman–Crippen MR) is 190 cm³/mol. The molecule has 4 rings (SSSR count). The third-order valence-corrected chi connectivity index (χ3v) is 12.7. The Balaban J connectivity index is 0.000000276. The van der Waals surface area contributed by atoms with E-state index < -0.39 is 41.0 Å². The summed E-state index contributed by atoms with van der Waals surface area (Å²) in [5.74, 6) is 0.309.